The summed E-state index contributed by atoms with van der Waals surface area (Å²) in [6.45, 7) is 3.49. The molecule has 1 aromatic carbocycles. The van der Waals surface area contributed by atoms with Gasteiger partial charge in [-0.1, -0.05) is 17.7 Å². The third-order valence-electron chi connectivity index (χ3n) is 4.45. The van der Waals surface area contributed by atoms with Gasteiger partial charge in [-0.15, -0.1) is 0 Å². The molecule has 0 aliphatic carbocycles. The number of pyridine rings is 1. The van der Waals surface area contributed by atoms with Crippen LogP contribution in [0.4, 0.5) is 11.5 Å². The highest BCUT2D eigenvalue weighted by molar-refractivity contribution is 6.33. The van der Waals surface area contributed by atoms with Crippen LogP contribution in [0.15, 0.2) is 36.5 Å². The molecule has 1 aromatic heterocycles. The second kappa shape index (κ2) is 7.54. The molecule has 1 aliphatic heterocycles. The Hall–Kier alpha value is -2.58. The van der Waals surface area contributed by atoms with Gasteiger partial charge in [-0.25, -0.2) is 4.98 Å². The lowest BCUT2D eigenvalue weighted by Gasteiger charge is -2.32. The maximum absolute atomic E-state index is 12.5. The number of carbonyl (C=O) groups is 1. The number of hydrogen-bond donors (Lipinski definition) is 1. The molecule has 0 bridgehead atoms. The van der Waals surface area contributed by atoms with Crippen LogP contribution in [0, 0.1) is 24.2 Å². The van der Waals surface area contributed by atoms with Crippen LogP contribution in [-0.4, -0.2) is 24.0 Å². The fraction of sp³-hybridized carbons (Fsp3) is 0.316. The average Bonchev–Trinajstić information content (AvgIpc) is 2.64. The third-order valence-corrected chi connectivity index (χ3v) is 4.76. The normalized spacial score (nSPS) is 14.8. The van der Waals surface area contributed by atoms with E-state index in [0.717, 1.165) is 37.3 Å². The van der Waals surface area contributed by atoms with Crippen molar-refractivity contribution in [3.05, 3.63) is 52.7 Å². The monoisotopic (exact) mass is 354 g/mol. The van der Waals surface area contributed by atoms with Gasteiger partial charge in [-0.3, -0.25) is 4.79 Å². The molecule has 0 spiro atoms. The molecule has 3 rings (SSSR count). The molecular formula is C19H19ClN4O. The number of aryl methyl sites for hydroxylation is 1. The highest BCUT2D eigenvalue weighted by Gasteiger charge is 2.26. The first-order chi connectivity index (χ1) is 12.1. The van der Waals surface area contributed by atoms with Crippen molar-refractivity contribution in [2.75, 3.05) is 23.3 Å². The largest absolute Gasteiger partial charge is 0.357 e. The van der Waals surface area contributed by atoms with E-state index >= 15 is 0 Å². The molecular weight excluding hydrogens is 336 g/mol. The molecule has 1 amide bonds. The van der Waals surface area contributed by atoms with E-state index < -0.39 is 0 Å². The van der Waals surface area contributed by atoms with E-state index in [0.29, 0.717) is 16.3 Å². The highest BCUT2D eigenvalue weighted by atomic mass is 35.5. The summed E-state index contributed by atoms with van der Waals surface area (Å²) in [5.74, 6) is 0.824. The average molecular weight is 355 g/mol. The molecule has 1 saturated heterocycles. The minimum atomic E-state index is -0.0352. The fourth-order valence-electron chi connectivity index (χ4n) is 2.97. The predicted molar refractivity (Wildman–Crippen MR) is 98.7 cm³/mol. The summed E-state index contributed by atoms with van der Waals surface area (Å²) >= 11 is 6.19. The summed E-state index contributed by atoms with van der Waals surface area (Å²) in [5.41, 5.74) is 2.27. The lowest BCUT2D eigenvalue weighted by atomic mass is 9.95. The van der Waals surface area contributed by atoms with Crippen molar-refractivity contribution >= 4 is 29.0 Å². The molecule has 1 aliphatic rings. The standard InChI is InChI=1S/C19H19ClN4O/c1-13-2-4-17(16(20)10-13)23-19(25)15-6-8-24(9-7-15)18-5-3-14(11-21)12-22-18/h2-5,10,12,15H,6-9H2,1H3,(H,23,25). The Morgan fingerprint density at radius 2 is 2.08 bits per heavy atom. The van der Waals surface area contributed by atoms with Crippen LogP contribution >= 0.6 is 11.6 Å². The SMILES string of the molecule is Cc1ccc(NC(=O)C2CCN(c3ccc(C#N)cn3)CC2)c(Cl)c1. The number of halogens is 1. The Morgan fingerprint density at radius 3 is 2.68 bits per heavy atom. The number of carbonyl (C=O) groups excluding carboxylic acids is 1. The summed E-state index contributed by atoms with van der Waals surface area (Å²) < 4.78 is 0. The molecule has 5 nitrogen and oxygen atoms in total. The van der Waals surface area contributed by atoms with Gasteiger partial charge < -0.3 is 10.2 Å². The zero-order valence-corrected chi connectivity index (χ0v) is 14.8. The van der Waals surface area contributed by atoms with Crippen molar-refractivity contribution in [3.8, 4) is 6.07 Å². The molecule has 0 radical (unpaired) electrons. The summed E-state index contributed by atoms with van der Waals surface area (Å²) in [6, 6.07) is 11.3. The van der Waals surface area contributed by atoms with Crippen LogP contribution in [0.2, 0.25) is 5.02 Å². The van der Waals surface area contributed by atoms with Crippen molar-refractivity contribution in [1.29, 1.82) is 5.26 Å². The van der Waals surface area contributed by atoms with Gasteiger partial charge in [-0.2, -0.15) is 5.26 Å². The van der Waals surface area contributed by atoms with Crippen LogP contribution in [0.3, 0.4) is 0 Å². The minimum absolute atomic E-state index is 0.0122. The maximum atomic E-state index is 12.5. The number of anilines is 2. The first kappa shape index (κ1) is 17.2. The van der Waals surface area contributed by atoms with E-state index in [4.69, 9.17) is 16.9 Å². The number of nitrogens with one attached hydrogen (secondary N) is 1. The van der Waals surface area contributed by atoms with E-state index in [2.05, 4.69) is 21.3 Å². The van der Waals surface area contributed by atoms with Gasteiger partial charge >= 0.3 is 0 Å². The van der Waals surface area contributed by atoms with Gasteiger partial charge in [0.2, 0.25) is 5.91 Å². The molecule has 2 aromatic rings. The van der Waals surface area contributed by atoms with E-state index in [1.165, 1.54) is 0 Å². The van der Waals surface area contributed by atoms with Crippen molar-refractivity contribution < 1.29 is 4.79 Å². The molecule has 0 atom stereocenters. The molecule has 2 heterocycles. The van der Waals surface area contributed by atoms with Gasteiger partial charge in [0.25, 0.3) is 0 Å². The second-order valence-electron chi connectivity index (χ2n) is 6.25. The maximum Gasteiger partial charge on any atom is 0.227 e. The topological polar surface area (TPSA) is 69.0 Å². The molecule has 1 N–H and O–H groups in total. The Morgan fingerprint density at radius 1 is 1.32 bits per heavy atom. The number of rotatable bonds is 3. The Kier molecular flexibility index (Phi) is 5.20. The number of nitriles is 1. The van der Waals surface area contributed by atoms with Crippen molar-refractivity contribution in [2.24, 2.45) is 5.92 Å². The third kappa shape index (κ3) is 4.09. The zero-order chi connectivity index (χ0) is 17.8. The van der Waals surface area contributed by atoms with E-state index in [1.807, 2.05) is 31.2 Å². The number of piperidine rings is 1. The van der Waals surface area contributed by atoms with Crippen LogP contribution in [0.5, 0.6) is 0 Å². The molecule has 128 valence electrons. The first-order valence-corrected chi connectivity index (χ1v) is 8.63. The van der Waals surface area contributed by atoms with Gasteiger partial charge in [0.15, 0.2) is 0 Å². The molecule has 0 unspecified atom stereocenters. The van der Waals surface area contributed by atoms with Gasteiger partial charge in [0.05, 0.1) is 16.3 Å². The molecule has 25 heavy (non-hydrogen) atoms. The number of benzene rings is 1. The van der Waals surface area contributed by atoms with Gasteiger partial charge in [0, 0.05) is 25.2 Å². The van der Waals surface area contributed by atoms with Crippen LogP contribution in [-0.2, 0) is 4.79 Å². The smallest absolute Gasteiger partial charge is 0.227 e. The summed E-state index contributed by atoms with van der Waals surface area (Å²) in [7, 11) is 0. The van der Waals surface area contributed by atoms with E-state index in [9.17, 15) is 4.79 Å². The van der Waals surface area contributed by atoms with Crippen molar-refractivity contribution in [2.45, 2.75) is 19.8 Å². The quantitative estimate of drug-likeness (QED) is 0.910. The highest BCUT2D eigenvalue weighted by Crippen LogP contribution is 2.26. The fourth-order valence-corrected chi connectivity index (χ4v) is 3.25. The molecule has 0 saturated carbocycles. The first-order valence-electron chi connectivity index (χ1n) is 8.25. The minimum Gasteiger partial charge on any atom is -0.357 e. The number of hydrogen-bond acceptors (Lipinski definition) is 4. The van der Waals surface area contributed by atoms with Crippen molar-refractivity contribution in [3.63, 3.8) is 0 Å². The Balaban J connectivity index is 1.57. The summed E-state index contributed by atoms with van der Waals surface area (Å²) in [4.78, 5) is 19.0. The van der Waals surface area contributed by atoms with Crippen LogP contribution in [0.1, 0.15) is 24.0 Å². The number of nitrogens with zero attached hydrogens (tertiary/aromatic N) is 3. The predicted octanol–water partition coefficient (Wildman–Crippen LogP) is 3.77. The summed E-state index contributed by atoms with van der Waals surface area (Å²) in [5, 5.41) is 12.3. The molecule has 6 heteroatoms. The van der Waals surface area contributed by atoms with E-state index in [-0.39, 0.29) is 11.8 Å². The van der Waals surface area contributed by atoms with Crippen LogP contribution < -0.4 is 10.2 Å². The Bertz CT molecular complexity index is 805. The lowest BCUT2D eigenvalue weighted by molar-refractivity contribution is -0.120. The van der Waals surface area contributed by atoms with Gasteiger partial charge in [-0.05, 0) is 49.6 Å². The molecule has 1 fully saturated rings. The van der Waals surface area contributed by atoms with Crippen molar-refractivity contribution in [1.82, 2.24) is 4.98 Å². The zero-order valence-electron chi connectivity index (χ0n) is 14.0. The van der Waals surface area contributed by atoms with E-state index in [1.54, 1.807) is 12.3 Å². The number of aromatic nitrogens is 1. The van der Waals surface area contributed by atoms with Crippen LogP contribution in [0.25, 0.3) is 0 Å². The second-order valence-corrected chi connectivity index (χ2v) is 6.66. The summed E-state index contributed by atoms with van der Waals surface area (Å²) in [6.07, 6.45) is 3.10. The lowest BCUT2D eigenvalue weighted by Crippen LogP contribution is -2.38. The Labute approximate surface area is 152 Å². The van der Waals surface area contributed by atoms with Gasteiger partial charge in [0.1, 0.15) is 11.9 Å². The number of amides is 1.